The van der Waals surface area contributed by atoms with Crippen LogP contribution in [0.5, 0.6) is 0 Å². The number of pyridine rings is 2. The molecule has 0 saturated heterocycles. The van der Waals surface area contributed by atoms with Crippen molar-refractivity contribution in [2.75, 3.05) is 17.2 Å². The zero-order valence-electron chi connectivity index (χ0n) is 23.1. The summed E-state index contributed by atoms with van der Waals surface area (Å²) in [5, 5.41) is 17.4. The minimum atomic E-state index is -4.62. The number of rotatable bonds is 6. The molecule has 3 atom stereocenters. The van der Waals surface area contributed by atoms with E-state index in [0.29, 0.717) is 43.6 Å². The zero-order valence-corrected chi connectivity index (χ0v) is 23.1. The highest BCUT2D eigenvalue weighted by atomic mass is 19.4. The minimum absolute atomic E-state index is 0.0272. The summed E-state index contributed by atoms with van der Waals surface area (Å²) in [6.07, 6.45) is 1.76. The van der Waals surface area contributed by atoms with Crippen LogP contribution in [0.2, 0.25) is 0 Å². The topological polar surface area (TPSA) is 120 Å². The Kier molecular flexibility index (Phi) is 6.31. The van der Waals surface area contributed by atoms with Gasteiger partial charge in [0.15, 0.2) is 6.23 Å². The third-order valence-electron chi connectivity index (χ3n) is 9.27. The Bertz CT molecular complexity index is 1650. The Morgan fingerprint density at radius 2 is 1.88 bits per heavy atom. The number of amidine groups is 1. The molecule has 4 heterocycles. The van der Waals surface area contributed by atoms with Crippen molar-refractivity contribution in [2.24, 2.45) is 4.99 Å². The van der Waals surface area contributed by atoms with E-state index >= 15 is 0 Å². The number of amides is 1. The number of aliphatic hydroxyl groups excluding tert-OH is 1. The fourth-order valence-electron chi connectivity index (χ4n) is 7.18. The molecule has 1 saturated carbocycles. The van der Waals surface area contributed by atoms with Crippen molar-refractivity contribution >= 4 is 29.7 Å². The first-order valence-corrected chi connectivity index (χ1v) is 14.3. The van der Waals surface area contributed by atoms with Crippen LogP contribution in [0.25, 0.3) is 0 Å². The minimum Gasteiger partial charge on any atom is -0.371 e. The van der Waals surface area contributed by atoms with Crippen LogP contribution in [-0.2, 0) is 34.0 Å². The van der Waals surface area contributed by atoms with Gasteiger partial charge in [-0.05, 0) is 55.0 Å². The number of nitrogens with zero attached hydrogens (tertiary/aromatic N) is 4. The molecule has 2 aromatic heterocycles. The molecule has 9 nitrogen and oxygen atoms in total. The lowest BCUT2D eigenvalue weighted by Crippen LogP contribution is -2.50. The molecule has 0 bridgehead atoms. The number of hydrogen-bond donors (Lipinski definition) is 3. The molecule has 2 aliphatic carbocycles. The third kappa shape index (κ3) is 4.38. The number of hydrogen-bond acceptors (Lipinski definition) is 8. The maximum absolute atomic E-state index is 14.0. The van der Waals surface area contributed by atoms with E-state index in [1.165, 1.54) is 23.1 Å². The number of halogens is 3. The predicted molar refractivity (Wildman–Crippen MR) is 152 cm³/mol. The second-order valence-corrected chi connectivity index (χ2v) is 11.8. The van der Waals surface area contributed by atoms with Gasteiger partial charge in [-0.1, -0.05) is 37.1 Å². The number of aromatic nitrogens is 2. The molecule has 4 aliphatic rings. The molecule has 1 fully saturated rings. The molecule has 3 aromatic rings. The van der Waals surface area contributed by atoms with Crippen LogP contribution in [-0.4, -0.2) is 62.4 Å². The number of carbonyl (C=O) groups excluding carboxylic acids is 2. The van der Waals surface area contributed by atoms with Crippen LogP contribution >= 0.6 is 0 Å². The summed E-state index contributed by atoms with van der Waals surface area (Å²) >= 11 is 0. The van der Waals surface area contributed by atoms with Crippen molar-refractivity contribution in [2.45, 2.75) is 67.9 Å². The quantitative estimate of drug-likeness (QED) is 0.373. The number of fused-ring (bicyclic) bond motifs is 3. The molecule has 43 heavy (non-hydrogen) atoms. The molecule has 7 rings (SSSR count). The number of alkyl halides is 3. The van der Waals surface area contributed by atoms with Gasteiger partial charge >= 0.3 is 6.18 Å². The van der Waals surface area contributed by atoms with Crippen LogP contribution in [0.15, 0.2) is 59.9 Å². The smallest absolute Gasteiger partial charge is 0.371 e. The Balaban J connectivity index is 1.16. The van der Waals surface area contributed by atoms with Crippen molar-refractivity contribution in [1.82, 2.24) is 14.9 Å². The van der Waals surface area contributed by atoms with Crippen LogP contribution in [0, 0.1) is 0 Å². The Morgan fingerprint density at radius 3 is 2.65 bits per heavy atom. The molecular formula is C31H29F3N6O3. The fourth-order valence-corrected chi connectivity index (χ4v) is 7.18. The zero-order chi connectivity index (χ0) is 30.0. The second kappa shape index (κ2) is 9.87. The number of benzene rings is 1. The van der Waals surface area contributed by atoms with Gasteiger partial charge in [0.05, 0.1) is 11.0 Å². The van der Waals surface area contributed by atoms with Crippen LogP contribution < -0.4 is 10.6 Å². The number of aliphatic hydroxyl groups is 1. The van der Waals surface area contributed by atoms with E-state index in [4.69, 9.17) is 4.99 Å². The average Bonchev–Trinajstić information content (AvgIpc) is 3.75. The van der Waals surface area contributed by atoms with Crippen LogP contribution in [0.3, 0.4) is 0 Å². The van der Waals surface area contributed by atoms with Gasteiger partial charge in [0.2, 0.25) is 5.91 Å². The lowest BCUT2D eigenvalue weighted by Gasteiger charge is -2.33. The molecule has 222 valence electrons. The summed E-state index contributed by atoms with van der Waals surface area (Å²) in [6.45, 7) is -0.123. The Morgan fingerprint density at radius 1 is 1.12 bits per heavy atom. The van der Waals surface area contributed by atoms with Gasteiger partial charge in [0.1, 0.15) is 35.3 Å². The monoisotopic (exact) mass is 590 g/mol. The van der Waals surface area contributed by atoms with Gasteiger partial charge in [0.25, 0.3) is 0 Å². The van der Waals surface area contributed by atoms with Gasteiger partial charge in [-0.15, -0.1) is 0 Å². The highest BCUT2D eigenvalue weighted by Gasteiger charge is 2.52. The maximum Gasteiger partial charge on any atom is 0.417 e. The van der Waals surface area contributed by atoms with E-state index in [9.17, 15) is 27.9 Å². The van der Waals surface area contributed by atoms with Crippen molar-refractivity contribution < 1.29 is 27.9 Å². The van der Waals surface area contributed by atoms with Crippen LogP contribution in [0.4, 0.5) is 24.8 Å². The van der Waals surface area contributed by atoms with E-state index in [0.717, 1.165) is 35.6 Å². The molecule has 2 unspecified atom stereocenters. The van der Waals surface area contributed by atoms with Gasteiger partial charge in [-0.25, -0.2) is 9.97 Å². The largest absolute Gasteiger partial charge is 0.417 e. The summed E-state index contributed by atoms with van der Waals surface area (Å²) in [7, 11) is 0. The fraction of sp³-hybridized carbons (Fsp3) is 0.387. The predicted octanol–water partition coefficient (Wildman–Crippen LogP) is 3.86. The molecule has 0 radical (unpaired) electrons. The van der Waals surface area contributed by atoms with Crippen molar-refractivity contribution in [3.8, 4) is 0 Å². The van der Waals surface area contributed by atoms with E-state index in [1.807, 2.05) is 6.07 Å². The Labute approximate surface area is 245 Å². The summed E-state index contributed by atoms with van der Waals surface area (Å²) in [5.41, 5.74) is -0.0204. The number of carbonyl (C=O) groups is 2. The first-order chi connectivity index (χ1) is 20.6. The normalized spacial score (nSPS) is 24.2. The third-order valence-corrected chi connectivity index (χ3v) is 9.27. The van der Waals surface area contributed by atoms with E-state index in [-0.39, 0.29) is 23.9 Å². The van der Waals surface area contributed by atoms with E-state index in [1.54, 1.807) is 24.5 Å². The highest BCUT2D eigenvalue weighted by Crippen LogP contribution is 2.47. The van der Waals surface area contributed by atoms with E-state index < -0.39 is 35.0 Å². The lowest BCUT2D eigenvalue weighted by molar-refractivity contribution is -0.137. The molecule has 1 aromatic carbocycles. The number of nitrogens with one attached hydrogen (secondary N) is 2. The average molecular weight is 591 g/mol. The summed E-state index contributed by atoms with van der Waals surface area (Å²) in [6, 6.07) is 9.75. The standard InChI is InChI=1S/C31H29F3N6O3/c32-31(33,34)22-7-2-1-6-21(22)26-39-30(9-3-4-10-30)28(43)40(26)16-20(17-41)37-24-12-18-13-29(14-19(18)15-36-24)23-8-5-11-35-25(23)38-27(29)42/h1-2,5-8,11-12,15,17,20,28,43H,3-4,9-10,13-14,16H2,(H,36,37)(H,35,38,42)/t20?,28?,29-/m0/s1. The van der Waals surface area contributed by atoms with Crippen molar-refractivity contribution in [3.05, 3.63) is 82.7 Å². The second-order valence-electron chi connectivity index (χ2n) is 11.8. The maximum atomic E-state index is 14.0. The SMILES string of the molecule is O=CC(CN1C(c2ccccc2C(F)(F)F)=NC2(CCCC2)C1O)Nc1cc2c(cn1)C[C@]1(C2)C(=O)Nc2ncccc21. The Hall–Kier alpha value is -4.32. The van der Waals surface area contributed by atoms with Gasteiger partial charge < -0.3 is 25.4 Å². The van der Waals surface area contributed by atoms with Gasteiger partial charge in [-0.3, -0.25) is 9.79 Å². The molecule has 12 heteroatoms. The van der Waals surface area contributed by atoms with Crippen molar-refractivity contribution in [3.63, 3.8) is 0 Å². The van der Waals surface area contributed by atoms with E-state index in [2.05, 4.69) is 20.6 Å². The van der Waals surface area contributed by atoms with Crippen molar-refractivity contribution in [1.29, 1.82) is 0 Å². The number of aldehydes is 1. The molecular weight excluding hydrogens is 561 g/mol. The first kappa shape index (κ1) is 27.5. The molecule has 2 aliphatic heterocycles. The van der Waals surface area contributed by atoms with Gasteiger partial charge in [-0.2, -0.15) is 13.2 Å². The summed E-state index contributed by atoms with van der Waals surface area (Å²) in [4.78, 5) is 40.3. The van der Waals surface area contributed by atoms with Gasteiger partial charge in [0, 0.05) is 30.1 Å². The molecule has 3 N–H and O–H groups in total. The number of anilines is 2. The lowest BCUT2D eigenvalue weighted by atomic mass is 9.79. The highest BCUT2D eigenvalue weighted by molar-refractivity contribution is 6.06. The first-order valence-electron chi connectivity index (χ1n) is 14.3. The summed E-state index contributed by atoms with van der Waals surface area (Å²) in [5.74, 6) is 0.851. The summed E-state index contributed by atoms with van der Waals surface area (Å²) < 4.78 is 42.0. The van der Waals surface area contributed by atoms with Crippen LogP contribution in [0.1, 0.15) is 53.5 Å². The number of aliphatic imine (C=N–C) groups is 1. The molecule has 1 amide bonds. The molecule has 2 spiro atoms.